The Morgan fingerprint density at radius 3 is 2.56 bits per heavy atom. The Bertz CT molecular complexity index is 1010. The fraction of sp³-hybridized carbons (Fsp3) is 0.316. The highest BCUT2D eigenvalue weighted by Gasteiger charge is 2.25. The molecule has 1 aliphatic rings. The van der Waals surface area contributed by atoms with Crippen molar-refractivity contribution >= 4 is 43.1 Å². The van der Waals surface area contributed by atoms with Crippen LogP contribution in [-0.2, 0) is 10.0 Å². The number of aromatic nitrogens is 1. The summed E-state index contributed by atoms with van der Waals surface area (Å²) in [6.45, 7) is 2.04. The fourth-order valence-corrected chi connectivity index (χ4v) is 5.41. The van der Waals surface area contributed by atoms with Gasteiger partial charge in [0.05, 0.1) is 4.90 Å². The second kappa shape index (κ2) is 7.61. The van der Waals surface area contributed by atoms with Crippen LogP contribution in [0, 0.1) is 5.92 Å². The molecule has 1 fully saturated rings. The van der Waals surface area contributed by atoms with Crippen molar-refractivity contribution in [3.63, 3.8) is 0 Å². The van der Waals surface area contributed by atoms with Gasteiger partial charge in [-0.05, 0) is 59.0 Å². The number of hydrogen-bond donors (Lipinski definition) is 1. The molecule has 0 saturated carbocycles. The predicted octanol–water partition coefficient (Wildman–Crippen LogP) is 3.79. The smallest absolute Gasteiger partial charge is 0.298 e. The molecule has 27 heavy (non-hydrogen) atoms. The second-order valence-electron chi connectivity index (χ2n) is 6.68. The van der Waals surface area contributed by atoms with Crippen LogP contribution in [0.1, 0.15) is 12.8 Å². The molecule has 2 heterocycles. The summed E-state index contributed by atoms with van der Waals surface area (Å²) in [5, 5.41) is 0. The van der Waals surface area contributed by atoms with Gasteiger partial charge in [-0.3, -0.25) is 0 Å². The van der Waals surface area contributed by atoms with Gasteiger partial charge in [0, 0.05) is 24.1 Å². The van der Waals surface area contributed by atoms with Crippen LogP contribution < -0.4 is 9.62 Å². The first-order valence-corrected chi connectivity index (χ1v) is 11.2. The molecular weight excluding hydrogens is 430 g/mol. The number of nitrogens with zero attached hydrogens (tertiary/aromatic N) is 2. The van der Waals surface area contributed by atoms with E-state index in [1.807, 2.05) is 24.3 Å². The highest BCUT2D eigenvalue weighted by atomic mass is 79.9. The molecule has 0 amide bonds. The molecule has 0 atom stereocenters. The number of halogens is 1. The number of anilines is 1. The van der Waals surface area contributed by atoms with Gasteiger partial charge in [-0.1, -0.05) is 24.3 Å². The average Bonchev–Trinajstić information content (AvgIpc) is 3.11. The molecule has 4 rings (SSSR count). The van der Waals surface area contributed by atoms with Gasteiger partial charge in [-0.25, -0.2) is 13.1 Å². The molecular formula is C19H20BrN3O3S. The number of benzene rings is 2. The summed E-state index contributed by atoms with van der Waals surface area (Å²) in [6, 6.07) is 15.2. The van der Waals surface area contributed by atoms with Crippen molar-refractivity contribution in [2.45, 2.75) is 17.7 Å². The monoisotopic (exact) mass is 449 g/mol. The first-order chi connectivity index (χ1) is 13.0. The second-order valence-corrected chi connectivity index (χ2v) is 9.27. The number of fused-ring (bicyclic) bond motifs is 1. The molecule has 8 heteroatoms. The standard InChI is InChI=1S/C19H20BrN3O3S/c20-15-5-1-4-8-18(15)27(24,25)21-13-14-9-11-23(12-10-14)19-22-16-6-2-3-7-17(16)26-19/h1-8,14,21H,9-13H2. The fourth-order valence-electron chi connectivity index (χ4n) is 3.29. The minimum atomic E-state index is -3.51. The zero-order valence-electron chi connectivity index (χ0n) is 14.6. The Morgan fingerprint density at radius 2 is 1.81 bits per heavy atom. The van der Waals surface area contributed by atoms with Crippen molar-refractivity contribution in [2.75, 3.05) is 24.5 Å². The third-order valence-electron chi connectivity index (χ3n) is 4.86. The zero-order chi connectivity index (χ0) is 18.9. The molecule has 0 unspecified atom stereocenters. The van der Waals surface area contributed by atoms with Crippen molar-refractivity contribution in [3.05, 3.63) is 53.0 Å². The number of sulfonamides is 1. The molecule has 0 bridgehead atoms. The van der Waals surface area contributed by atoms with Crippen molar-refractivity contribution in [3.8, 4) is 0 Å². The van der Waals surface area contributed by atoms with E-state index in [4.69, 9.17) is 4.42 Å². The lowest BCUT2D eigenvalue weighted by Gasteiger charge is -2.30. The molecule has 6 nitrogen and oxygen atoms in total. The molecule has 0 aliphatic carbocycles. The molecule has 0 radical (unpaired) electrons. The molecule has 1 saturated heterocycles. The van der Waals surface area contributed by atoms with E-state index in [1.54, 1.807) is 24.3 Å². The minimum absolute atomic E-state index is 0.272. The number of hydrogen-bond acceptors (Lipinski definition) is 5. The highest BCUT2D eigenvalue weighted by molar-refractivity contribution is 9.10. The Balaban J connectivity index is 1.35. The van der Waals surface area contributed by atoms with E-state index in [1.165, 1.54) is 0 Å². The van der Waals surface area contributed by atoms with Crippen LogP contribution in [0.2, 0.25) is 0 Å². The van der Waals surface area contributed by atoms with E-state index < -0.39 is 10.0 Å². The molecule has 2 aromatic carbocycles. The number of piperidine rings is 1. The summed E-state index contributed by atoms with van der Waals surface area (Å²) in [5.74, 6) is 0.294. The Kier molecular flexibility index (Phi) is 5.21. The van der Waals surface area contributed by atoms with Crippen LogP contribution in [0.25, 0.3) is 11.1 Å². The van der Waals surface area contributed by atoms with Crippen LogP contribution in [0.5, 0.6) is 0 Å². The summed E-state index contributed by atoms with van der Waals surface area (Å²) < 4.78 is 34.2. The van der Waals surface area contributed by atoms with E-state index in [2.05, 4.69) is 30.5 Å². The van der Waals surface area contributed by atoms with E-state index in [9.17, 15) is 8.42 Å². The van der Waals surface area contributed by atoms with Crippen molar-refractivity contribution < 1.29 is 12.8 Å². The number of rotatable bonds is 5. The van der Waals surface area contributed by atoms with Crippen LogP contribution in [0.15, 0.2) is 62.3 Å². The number of oxazole rings is 1. The summed E-state index contributed by atoms with van der Waals surface area (Å²) in [6.07, 6.45) is 1.77. The van der Waals surface area contributed by atoms with Gasteiger partial charge in [0.2, 0.25) is 10.0 Å². The number of nitrogens with one attached hydrogen (secondary N) is 1. The Hall–Kier alpha value is -1.90. The SMILES string of the molecule is O=S(=O)(NCC1CCN(c2nc3ccccc3o2)CC1)c1ccccc1Br. The molecule has 3 aromatic rings. The molecule has 1 aliphatic heterocycles. The summed E-state index contributed by atoms with van der Waals surface area (Å²) in [5.41, 5.74) is 1.65. The van der Waals surface area contributed by atoms with Gasteiger partial charge >= 0.3 is 0 Å². The maximum atomic E-state index is 12.5. The third kappa shape index (κ3) is 4.02. The van der Waals surface area contributed by atoms with Gasteiger partial charge in [-0.15, -0.1) is 0 Å². The van der Waals surface area contributed by atoms with Gasteiger partial charge in [-0.2, -0.15) is 4.98 Å². The van der Waals surface area contributed by atoms with E-state index in [-0.39, 0.29) is 4.90 Å². The first kappa shape index (κ1) is 18.5. The lowest BCUT2D eigenvalue weighted by molar-refractivity contribution is 0.387. The van der Waals surface area contributed by atoms with Crippen LogP contribution in [-0.4, -0.2) is 33.0 Å². The highest BCUT2D eigenvalue weighted by Crippen LogP contribution is 2.27. The molecule has 1 N–H and O–H groups in total. The largest absolute Gasteiger partial charge is 0.423 e. The van der Waals surface area contributed by atoms with E-state index in [0.717, 1.165) is 37.0 Å². The van der Waals surface area contributed by atoms with E-state index >= 15 is 0 Å². The topological polar surface area (TPSA) is 75.4 Å². The van der Waals surface area contributed by atoms with Crippen molar-refractivity contribution in [1.82, 2.24) is 9.71 Å². The van der Waals surface area contributed by atoms with Gasteiger partial charge < -0.3 is 9.32 Å². The summed E-state index contributed by atoms with van der Waals surface area (Å²) >= 11 is 3.30. The maximum absolute atomic E-state index is 12.5. The first-order valence-electron chi connectivity index (χ1n) is 8.88. The normalized spacial score (nSPS) is 16.1. The van der Waals surface area contributed by atoms with Gasteiger partial charge in [0.25, 0.3) is 6.01 Å². The molecule has 0 spiro atoms. The Morgan fingerprint density at radius 1 is 1.11 bits per heavy atom. The van der Waals surface area contributed by atoms with Gasteiger partial charge in [0.1, 0.15) is 5.52 Å². The Labute approximate surface area is 166 Å². The van der Waals surface area contributed by atoms with Crippen molar-refractivity contribution in [1.29, 1.82) is 0 Å². The average molecular weight is 450 g/mol. The lowest BCUT2D eigenvalue weighted by atomic mass is 9.97. The van der Waals surface area contributed by atoms with Crippen LogP contribution in [0.3, 0.4) is 0 Å². The maximum Gasteiger partial charge on any atom is 0.298 e. The predicted molar refractivity (Wildman–Crippen MR) is 108 cm³/mol. The summed E-state index contributed by atoms with van der Waals surface area (Å²) in [4.78, 5) is 6.93. The number of para-hydroxylation sites is 2. The zero-order valence-corrected chi connectivity index (χ0v) is 17.0. The third-order valence-corrected chi connectivity index (χ3v) is 7.29. The molecule has 142 valence electrons. The molecule has 1 aromatic heterocycles. The quantitative estimate of drug-likeness (QED) is 0.641. The van der Waals surface area contributed by atoms with Crippen LogP contribution >= 0.6 is 15.9 Å². The lowest BCUT2D eigenvalue weighted by Crippen LogP contribution is -2.38. The minimum Gasteiger partial charge on any atom is -0.423 e. The van der Waals surface area contributed by atoms with Crippen molar-refractivity contribution in [2.24, 2.45) is 5.92 Å². The van der Waals surface area contributed by atoms with Crippen LogP contribution in [0.4, 0.5) is 6.01 Å². The van der Waals surface area contributed by atoms with E-state index in [0.29, 0.717) is 23.0 Å². The van der Waals surface area contributed by atoms with Gasteiger partial charge in [0.15, 0.2) is 5.58 Å². The summed E-state index contributed by atoms with van der Waals surface area (Å²) in [7, 11) is -3.51.